The van der Waals surface area contributed by atoms with Crippen molar-refractivity contribution >= 4 is 5.78 Å². The fraction of sp³-hybridized carbons (Fsp3) is 0.700. The molecule has 1 fully saturated rings. The Kier molecular flexibility index (Phi) is 2.04. The number of rotatable bonds is 3. The summed E-state index contributed by atoms with van der Waals surface area (Å²) in [4.78, 5) is 11.3. The standard InChI is InChI=1S/C10H14O/c1-4-5-6-9(11)8-7-10(8,2)3/h1,8H,5-7H2,2-3H3. The van der Waals surface area contributed by atoms with E-state index in [1.165, 1.54) is 0 Å². The van der Waals surface area contributed by atoms with Crippen molar-refractivity contribution in [2.75, 3.05) is 0 Å². The molecule has 0 N–H and O–H groups in total. The highest BCUT2D eigenvalue weighted by atomic mass is 16.1. The van der Waals surface area contributed by atoms with Crippen molar-refractivity contribution in [1.29, 1.82) is 0 Å². The molecule has 1 heteroatoms. The summed E-state index contributed by atoms with van der Waals surface area (Å²) >= 11 is 0. The average Bonchev–Trinajstić information content (AvgIpc) is 2.55. The molecule has 11 heavy (non-hydrogen) atoms. The molecule has 0 aromatic rings. The van der Waals surface area contributed by atoms with Gasteiger partial charge in [0.15, 0.2) is 0 Å². The lowest BCUT2D eigenvalue weighted by atomic mass is 10.0. The molecule has 1 aliphatic rings. The summed E-state index contributed by atoms with van der Waals surface area (Å²) in [6.45, 7) is 4.26. The monoisotopic (exact) mass is 150 g/mol. The Hall–Kier alpha value is -0.770. The van der Waals surface area contributed by atoms with E-state index in [4.69, 9.17) is 6.42 Å². The Morgan fingerprint density at radius 1 is 1.73 bits per heavy atom. The summed E-state index contributed by atoms with van der Waals surface area (Å²) in [6.07, 6.45) is 7.29. The van der Waals surface area contributed by atoms with Crippen molar-refractivity contribution in [2.24, 2.45) is 11.3 Å². The molecule has 0 amide bonds. The second-order valence-electron chi connectivity index (χ2n) is 3.92. The van der Waals surface area contributed by atoms with Gasteiger partial charge in [0, 0.05) is 18.8 Å². The van der Waals surface area contributed by atoms with E-state index in [1.54, 1.807) is 0 Å². The fourth-order valence-corrected chi connectivity index (χ4v) is 1.39. The molecule has 0 bridgehead atoms. The summed E-state index contributed by atoms with van der Waals surface area (Å²) in [5.74, 6) is 3.14. The molecule has 0 aromatic heterocycles. The van der Waals surface area contributed by atoms with E-state index in [1.807, 2.05) is 0 Å². The van der Waals surface area contributed by atoms with Gasteiger partial charge in [0.05, 0.1) is 0 Å². The number of ketones is 1. The minimum absolute atomic E-state index is 0.270. The predicted octanol–water partition coefficient (Wildman–Crippen LogP) is 2.01. The van der Waals surface area contributed by atoms with Gasteiger partial charge >= 0.3 is 0 Å². The van der Waals surface area contributed by atoms with E-state index in [0.717, 1.165) is 6.42 Å². The van der Waals surface area contributed by atoms with Gasteiger partial charge in [-0.15, -0.1) is 12.3 Å². The maximum absolute atomic E-state index is 11.3. The first-order valence-electron chi connectivity index (χ1n) is 4.04. The van der Waals surface area contributed by atoms with Crippen LogP contribution in [0.4, 0.5) is 0 Å². The Labute approximate surface area is 68.2 Å². The fourth-order valence-electron chi connectivity index (χ4n) is 1.39. The number of carbonyl (C=O) groups is 1. The molecular formula is C10H14O. The lowest BCUT2D eigenvalue weighted by molar-refractivity contribution is -0.120. The number of hydrogen-bond acceptors (Lipinski definition) is 1. The van der Waals surface area contributed by atoms with E-state index in [0.29, 0.717) is 24.5 Å². The zero-order valence-corrected chi connectivity index (χ0v) is 7.18. The van der Waals surface area contributed by atoms with Gasteiger partial charge in [0.25, 0.3) is 0 Å². The van der Waals surface area contributed by atoms with E-state index in [-0.39, 0.29) is 5.41 Å². The average molecular weight is 150 g/mol. The summed E-state index contributed by atoms with van der Waals surface area (Å²) in [7, 11) is 0. The van der Waals surface area contributed by atoms with E-state index < -0.39 is 0 Å². The second kappa shape index (κ2) is 2.70. The predicted molar refractivity (Wildman–Crippen MR) is 45.0 cm³/mol. The van der Waals surface area contributed by atoms with Crippen LogP contribution in [-0.4, -0.2) is 5.78 Å². The molecule has 0 spiro atoms. The highest BCUT2D eigenvalue weighted by Gasteiger charge is 2.49. The van der Waals surface area contributed by atoms with Crippen molar-refractivity contribution in [2.45, 2.75) is 33.1 Å². The summed E-state index contributed by atoms with van der Waals surface area (Å²) in [5.41, 5.74) is 0.270. The molecule has 0 aromatic carbocycles. The van der Waals surface area contributed by atoms with Gasteiger partial charge in [-0.1, -0.05) is 13.8 Å². The van der Waals surface area contributed by atoms with Crippen molar-refractivity contribution in [3.63, 3.8) is 0 Å². The van der Waals surface area contributed by atoms with Gasteiger partial charge in [-0.3, -0.25) is 4.79 Å². The Morgan fingerprint density at radius 3 is 2.64 bits per heavy atom. The minimum atomic E-state index is 0.270. The number of Topliss-reactive ketones (excluding diaryl/α,β-unsaturated/α-hetero) is 1. The van der Waals surface area contributed by atoms with Gasteiger partial charge in [0.1, 0.15) is 5.78 Å². The van der Waals surface area contributed by atoms with Crippen molar-refractivity contribution in [3.05, 3.63) is 0 Å². The molecule has 0 saturated heterocycles. The van der Waals surface area contributed by atoms with Crippen LogP contribution >= 0.6 is 0 Å². The van der Waals surface area contributed by atoms with Gasteiger partial charge in [-0.2, -0.15) is 0 Å². The molecule has 0 radical (unpaired) electrons. The van der Waals surface area contributed by atoms with Crippen LogP contribution in [0, 0.1) is 23.7 Å². The minimum Gasteiger partial charge on any atom is -0.299 e. The lowest BCUT2D eigenvalue weighted by Crippen LogP contribution is -2.04. The van der Waals surface area contributed by atoms with Crippen LogP contribution in [0.2, 0.25) is 0 Å². The van der Waals surface area contributed by atoms with Crippen molar-refractivity contribution < 1.29 is 4.79 Å². The topological polar surface area (TPSA) is 17.1 Å². The van der Waals surface area contributed by atoms with Crippen LogP contribution < -0.4 is 0 Å². The zero-order chi connectivity index (χ0) is 8.48. The molecule has 1 saturated carbocycles. The molecule has 1 aliphatic carbocycles. The summed E-state index contributed by atoms with van der Waals surface area (Å²) in [5, 5.41) is 0. The molecule has 0 heterocycles. The van der Waals surface area contributed by atoms with Gasteiger partial charge in [0.2, 0.25) is 0 Å². The molecule has 1 unspecified atom stereocenters. The SMILES string of the molecule is C#CCCC(=O)C1CC1(C)C. The molecule has 1 atom stereocenters. The van der Waals surface area contributed by atoms with Crippen LogP contribution in [0.3, 0.4) is 0 Å². The second-order valence-corrected chi connectivity index (χ2v) is 3.92. The van der Waals surface area contributed by atoms with Crippen molar-refractivity contribution in [3.8, 4) is 12.3 Å². The normalized spacial score (nSPS) is 25.7. The zero-order valence-electron chi connectivity index (χ0n) is 7.18. The smallest absolute Gasteiger partial charge is 0.137 e. The van der Waals surface area contributed by atoms with Crippen molar-refractivity contribution in [1.82, 2.24) is 0 Å². The molecule has 0 aliphatic heterocycles. The number of carbonyl (C=O) groups excluding carboxylic acids is 1. The maximum Gasteiger partial charge on any atom is 0.137 e. The van der Waals surface area contributed by atoms with E-state index >= 15 is 0 Å². The third-order valence-electron chi connectivity index (χ3n) is 2.42. The number of terminal acetylenes is 1. The van der Waals surface area contributed by atoms with Gasteiger partial charge in [-0.25, -0.2) is 0 Å². The molecule has 1 rings (SSSR count). The van der Waals surface area contributed by atoms with Crippen LogP contribution in [0.15, 0.2) is 0 Å². The molecule has 60 valence electrons. The first kappa shape index (κ1) is 8.33. The van der Waals surface area contributed by atoms with Crippen LogP contribution in [0.1, 0.15) is 33.1 Å². The Balaban J connectivity index is 2.30. The Morgan fingerprint density at radius 2 is 2.27 bits per heavy atom. The van der Waals surface area contributed by atoms with E-state index in [9.17, 15) is 4.79 Å². The van der Waals surface area contributed by atoms with Gasteiger partial charge in [-0.05, 0) is 11.8 Å². The first-order chi connectivity index (χ1) is 5.08. The largest absolute Gasteiger partial charge is 0.299 e. The summed E-state index contributed by atoms with van der Waals surface area (Å²) < 4.78 is 0. The Bertz CT molecular complexity index is 207. The molecular weight excluding hydrogens is 136 g/mol. The van der Waals surface area contributed by atoms with Crippen LogP contribution in [0.25, 0.3) is 0 Å². The summed E-state index contributed by atoms with van der Waals surface area (Å²) in [6, 6.07) is 0. The lowest BCUT2D eigenvalue weighted by Gasteiger charge is -1.99. The van der Waals surface area contributed by atoms with E-state index in [2.05, 4.69) is 19.8 Å². The first-order valence-corrected chi connectivity index (χ1v) is 4.04. The van der Waals surface area contributed by atoms with Gasteiger partial charge < -0.3 is 0 Å². The third kappa shape index (κ3) is 1.83. The van der Waals surface area contributed by atoms with Crippen LogP contribution in [-0.2, 0) is 4.79 Å². The maximum atomic E-state index is 11.3. The molecule has 1 nitrogen and oxygen atoms in total. The quantitative estimate of drug-likeness (QED) is 0.562. The third-order valence-corrected chi connectivity index (χ3v) is 2.42. The van der Waals surface area contributed by atoms with Crippen LogP contribution in [0.5, 0.6) is 0 Å². The highest BCUT2D eigenvalue weighted by molar-refractivity contribution is 5.84. The highest BCUT2D eigenvalue weighted by Crippen LogP contribution is 2.52. The number of hydrogen-bond donors (Lipinski definition) is 0.